The van der Waals surface area contributed by atoms with Gasteiger partial charge in [0, 0.05) is 11.1 Å². The first-order valence-corrected chi connectivity index (χ1v) is 8.82. The zero-order chi connectivity index (χ0) is 18.3. The molecule has 1 N–H and O–H groups in total. The van der Waals surface area contributed by atoms with Crippen molar-refractivity contribution in [1.82, 2.24) is 4.98 Å². The molecule has 0 saturated carbocycles. The average Bonchev–Trinajstić information content (AvgIpc) is 3.18. The number of benzene rings is 2. The molecular weight excluding hydrogens is 350 g/mol. The van der Waals surface area contributed by atoms with Gasteiger partial charge in [-0.25, -0.2) is 4.98 Å². The van der Waals surface area contributed by atoms with Crippen LogP contribution in [0.4, 0.5) is 5.13 Å². The second-order valence-corrected chi connectivity index (χ2v) is 6.96. The predicted octanol–water partition coefficient (Wildman–Crippen LogP) is 3.79. The van der Waals surface area contributed by atoms with Crippen molar-refractivity contribution in [3.8, 4) is 5.75 Å². The Kier molecular flexibility index (Phi) is 4.00. The third-order valence-electron chi connectivity index (χ3n) is 4.32. The quantitative estimate of drug-likeness (QED) is 0.432. The summed E-state index contributed by atoms with van der Waals surface area (Å²) in [6, 6.07) is 12.5. The molecule has 7 heteroatoms. The Morgan fingerprint density at radius 3 is 2.50 bits per heavy atom. The maximum Gasteiger partial charge on any atom is 0.204 e. The van der Waals surface area contributed by atoms with Crippen LogP contribution in [0.1, 0.15) is 27.6 Å². The van der Waals surface area contributed by atoms with E-state index in [0.29, 0.717) is 22.0 Å². The summed E-state index contributed by atoms with van der Waals surface area (Å²) >= 11 is 1.42. The van der Waals surface area contributed by atoms with E-state index in [2.05, 4.69) is 15.5 Å². The van der Waals surface area contributed by atoms with Crippen LogP contribution in [0.2, 0.25) is 0 Å². The molecule has 130 valence electrons. The van der Waals surface area contributed by atoms with Gasteiger partial charge in [-0.15, -0.1) is 0 Å². The number of ketones is 2. The molecule has 0 aliphatic heterocycles. The summed E-state index contributed by atoms with van der Waals surface area (Å²) in [5.74, 6) is -0.521. The van der Waals surface area contributed by atoms with E-state index < -0.39 is 5.92 Å². The first kappa shape index (κ1) is 16.4. The van der Waals surface area contributed by atoms with Crippen LogP contribution < -0.4 is 10.2 Å². The lowest BCUT2D eigenvalue weighted by Crippen LogP contribution is -2.24. The van der Waals surface area contributed by atoms with Gasteiger partial charge in [-0.1, -0.05) is 35.6 Å². The average molecular weight is 365 g/mol. The molecule has 4 rings (SSSR count). The summed E-state index contributed by atoms with van der Waals surface area (Å²) in [5.41, 5.74) is 5.04. The van der Waals surface area contributed by atoms with Gasteiger partial charge in [0.1, 0.15) is 11.7 Å². The number of carbonyl (C=O) groups is 2. The van der Waals surface area contributed by atoms with Crippen LogP contribution in [0.3, 0.4) is 0 Å². The number of carbonyl (C=O) groups excluding carboxylic acids is 2. The monoisotopic (exact) mass is 365 g/mol. The summed E-state index contributed by atoms with van der Waals surface area (Å²) < 4.78 is 6.17. The van der Waals surface area contributed by atoms with Crippen molar-refractivity contribution in [2.45, 2.75) is 6.92 Å². The van der Waals surface area contributed by atoms with Gasteiger partial charge in [-0.05, 0) is 25.1 Å². The maximum absolute atomic E-state index is 12.5. The predicted molar refractivity (Wildman–Crippen MR) is 101 cm³/mol. The van der Waals surface area contributed by atoms with Gasteiger partial charge < -0.3 is 4.74 Å². The molecular formula is C19H15N3O3S. The summed E-state index contributed by atoms with van der Waals surface area (Å²) in [5, 5.41) is 4.83. The topological polar surface area (TPSA) is 80.7 Å². The van der Waals surface area contributed by atoms with E-state index in [1.165, 1.54) is 11.3 Å². The zero-order valence-corrected chi connectivity index (χ0v) is 15.0. The maximum atomic E-state index is 12.5. The molecule has 0 saturated heterocycles. The van der Waals surface area contributed by atoms with Crippen LogP contribution in [0.25, 0.3) is 10.2 Å². The zero-order valence-electron chi connectivity index (χ0n) is 14.1. The van der Waals surface area contributed by atoms with Crippen LogP contribution in [-0.2, 0) is 0 Å². The van der Waals surface area contributed by atoms with E-state index in [-0.39, 0.29) is 11.6 Å². The lowest BCUT2D eigenvalue weighted by atomic mass is 9.99. The Morgan fingerprint density at radius 1 is 1.15 bits per heavy atom. The largest absolute Gasteiger partial charge is 0.497 e. The smallest absolute Gasteiger partial charge is 0.204 e. The van der Waals surface area contributed by atoms with E-state index in [4.69, 9.17) is 4.74 Å². The van der Waals surface area contributed by atoms with Crippen molar-refractivity contribution in [3.63, 3.8) is 0 Å². The minimum Gasteiger partial charge on any atom is -0.497 e. The molecule has 0 spiro atoms. The van der Waals surface area contributed by atoms with Crippen molar-refractivity contribution in [2.24, 2.45) is 11.0 Å². The molecule has 0 fully saturated rings. The number of rotatable bonds is 4. The molecule has 1 aromatic heterocycles. The molecule has 1 heterocycles. The van der Waals surface area contributed by atoms with Crippen molar-refractivity contribution in [1.29, 1.82) is 0 Å². The number of aromatic nitrogens is 1. The summed E-state index contributed by atoms with van der Waals surface area (Å²) in [4.78, 5) is 29.5. The molecule has 0 bridgehead atoms. The lowest BCUT2D eigenvalue weighted by Gasteiger charge is -2.06. The van der Waals surface area contributed by atoms with E-state index in [0.717, 1.165) is 16.0 Å². The second-order valence-electron chi connectivity index (χ2n) is 5.92. The van der Waals surface area contributed by atoms with Gasteiger partial charge in [-0.2, -0.15) is 5.10 Å². The van der Waals surface area contributed by atoms with E-state index in [9.17, 15) is 9.59 Å². The number of nitrogens with one attached hydrogen (secondary N) is 1. The Labute approximate surface area is 153 Å². The van der Waals surface area contributed by atoms with Crippen molar-refractivity contribution in [3.05, 3.63) is 53.6 Å². The molecule has 3 aromatic rings. The van der Waals surface area contributed by atoms with Gasteiger partial charge in [0.25, 0.3) is 0 Å². The fourth-order valence-corrected chi connectivity index (χ4v) is 3.84. The summed E-state index contributed by atoms with van der Waals surface area (Å²) in [7, 11) is 1.61. The van der Waals surface area contributed by atoms with Gasteiger partial charge in [-0.3, -0.25) is 15.0 Å². The molecule has 26 heavy (non-hydrogen) atoms. The lowest BCUT2D eigenvalue weighted by molar-refractivity contribution is 0.0883. The highest BCUT2D eigenvalue weighted by Gasteiger charge is 2.40. The third-order valence-corrected chi connectivity index (χ3v) is 5.25. The Morgan fingerprint density at radius 2 is 1.85 bits per heavy atom. The Balaban J connectivity index is 1.58. The minimum absolute atomic E-state index is 0.206. The van der Waals surface area contributed by atoms with Gasteiger partial charge in [0.2, 0.25) is 5.13 Å². The van der Waals surface area contributed by atoms with Crippen molar-refractivity contribution >= 4 is 44.0 Å². The number of nitrogens with zero attached hydrogens (tertiary/aromatic N) is 2. The fourth-order valence-electron chi connectivity index (χ4n) is 3.00. The number of hydrogen-bond acceptors (Lipinski definition) is 7. The standard InChI is InChI=1S/C19H15N3O3S/c1-10(16-17(23)12-5-3-4-6-13(12)18(16)24)21-22-19-20-14-8-7-11(25-2)9-15(14)26-19/h3-9,16H,1-2H3,(H,20,22). The molecule has 1 aliphatic rings. The van der Waals surface area contributed by atoms with Crippen LogP contribution >= 0.6 is 11.3 Å². The fraction of sp³-hybridized carbons (Fsp3) is 0.158. The Hall–Kier alpha value is -3.06. The van der Waals surface area contributed by atoms with Crippen molar-refractivity contribution in [2.75, 3.05) is 12.5 Å². The highest BCUT2D eigenvalue weighted by Crippen LogP contribution is 2.30. The van der Waals surface area contributed by atoms with Gasteiger partial charge in [0.05, 0.1) is 23.0 Å². The summed E-state index contributed by atoms with van der Waals surface area (Å²) in [6.45, 7) is 1.68. The van der Waals surface area contributed by atoms with Crippen LogP contribution in [0.15, 0.2) is 47.6 Å². The minimum atomic E-state index is -0.866. The normalized spacial score (nSPS) is 14.8. The number of fused-ring (bicyclic) bond motifs is 2. The Bertz CT molecular complexity index is 1040. The second kappa shape index (κ2) is 6.34. The van der Waals surface area contributed by atoms with Crippen LogP contribution in [0, 0.1) is 5.92 Å². The molecule has 1 aliphatic carbocycles. The van der Waals surface area contributed by atoms with Crippen LogP contribution in [0.5, 0.6) is 5.75 Å². The number of hydrazone groups is 1. The molecule has 0 radical (unpaired) electrons. The summed E-state index contributed by atoms with van der Waals surface area (Å²) in [6.07, 6.45) is 0. The van der Waals surface area contributed by atoms with Crippen LogP contribution in [-0.4, -0.2) is 29.4 Å². The first-order valence-electron chi connectivity index (χ1n) is 8.00. The molecule has 6 nitrogen and oxygen atoms in total. The molecule has 0 unspecified atom stereocenters. The molecule has 2 aromatic carbocycles. The number of thiazole rings is 1. The van der Waals surface area contributed by atoms with Gasteiger partial charge >= 0.3 is 0 Å². The highest BCUT2D eigenvalue weighted by molar-refractivity contribution is 7.22. The number of Topliss-reactive ketones (excluding diaryl/α,β-unsaturated/α-hetero) is 2. The van der Waals surface area contributed by atoms with Crippen molar-refractivity contribution < 1.29 is 14.3 Å². The third kappa shape index (κ3) is 2.66. The number of hydrogen-bond donors (Lipinski definition) is 1. The van der Waals surface area contributed by atoms with E-state index >= 15 is 0 Å². The van der Waals surface area contributed by atoms with E-state index in [1.807, 2.05) is 18.2 Å². The number of ether oxygens (including phenoxy) is 1. The van der Waals surface area contributed by atoms with E-state index in [1.54, 1.807) is 38.3 Å². The number of methoxy groups -OCH3 is 1. The SMILES string of the molecule is COc1ccc2nc(NN=C(C)C3C(=O)c4ccccc4C3=O)sc2c1. The highest BCUT2D eigenvalue weighted by atomic mass is 32.1. The molecule has 0 atom stereocenters. The first-order chi connectivity index (χ1) is 12.6. The van der Waals surface area contributed by atoms with Gasteiger partial charge in [0.15, 0.2) is 11.6 Å². The molecule has 0 amide bonds. The number of anilines is 1.